The lowest BCUT2D eigenvalue weighted by Crippen LogP contribution is -2.48. The van der Waals surface area contributed by atoms with Crippen LogP contribution in [0.25, 0.3) is 0 Å². The van der Waals surface area contributed by atoms with Crippen molar-refractivity contribution in [1.82, 2.24) is 5.32 Å². The van der Waals surface area contributed by atoms with Crippen LogP contribution in [0.4, 0.5) is 0 Å². The molecule has 18 heavy (non-hydrogen) atoms. The van der Waals surface area contributed by atoms with Crippen molar-refractivity contribution in [1.29, 1.82) is 0 Å². The largest absolute Gasteiger partial charge is 0.394 e. The average molecular weight is 247 g/mol. The number of hydrogen-bond acceptors (Lipinski definition) is 2. The normalized spacial score (nSPS) is 20.1. The zero-order valence-corrected chi connectivity index (χ0v) is 11.2. The van der Waals surface area contributed by atoms with E-state index in [1.807, 2.05) is 6.07 Å². The second kappa shape index (κ2) is 6.91. The Labute approximate surface area is 110 Å². The first kappa shape index (κ1) is 13.6. The van der Waals surface area contributed by atoms with Crippen molar-refractivity contribution in [3.8, 4) is 0 Å². The minimum Gasteiger partial charge on any atom is -0.394 e. The molecule has 0 aromatic heterocycles. The molecule has 1 aliphatic carbocycles. The second-order valence-electron chi connectivity index (χ2n) is 5.55. The van der Waals surface area contributed by atoms with Gasteiger partial charge in [0.2, 0.25) is 0 Å². The van der Waals surface area contributed by atoms with E-state index in [2.05, 4.69) is 29.6 Å². The van der Waals surface area contributed by atoms with Gasteiger partial charge in [0.05, 0.1) is 6.61 Å². The molecule has 2 nitrogen and oxygen atoms in total. The Morgan fingerprint density at radius 2 is 1.56 bits per heavy atom. The summed E-state index contributed by atoms with van der Waals surface area (Å²) < 4.78 is 0. The summed E-state index contributed by atoms with van der Waals surface area (Å²) in [6.45, 7) is 1.13. The molecule has 1 aromatic rings. The summed E-state index contributed by atoms with van der Waals surface area (Å²) in [7, 11) is 0. The van der Waals surface area contributed by atoms with E-state index >= 15 is 0 Å². The number of nitrogens with one attached hydrogen (secondary N) is 1. The zero-order chi connectivity index (χ0) is 12.7. The third-order valence-corrected chi connectivity index (χ3v) is 4.12. The van der Waals surface area contributed by atoms with E-state index in [0.717, 1.165) is 19.4 Å². The van der Waals surface area contributed by atoms with E-state index in [1.165, 1.54) is 37.7 Å². The first-order valence-corrected chi connectivity index (χ1v) is 7.24. The van der Waals surface area contributed by atoms with Crippen LogP contribution in [0.2, 0.25) is 0 Å². The zero-order valence-electron chi connectivity index (χ0n) is 11.2. The Bertz CT molecular complexity index is 328. The molecule has 2 rings (SSSR count). The van der Waals surface area contributed by atoms with Crippen molar-refractivity contribution in [2.24, 2.45) is 0 Å². The van der Waals surface area contributed by atoms with Crippen LogP contribution >= 0.6 is 0 Å². The Hall–Kier alpha value is -0.860. The molecule has 0 radical (unpaired) electrons. The highest BCUT2D eigenvalue weighted by molar-refractivity contribution is 5.14. The molecule has 0 unspecified atom stereocenters. The molecule has 0 saturated heterocycles. The van der Waals surface area contributed by atoms with E-state index in [9.17, 15) is 5.11 Å². The molecule has 2 N–H and O–H groups in total. The van der Waals surface area contributed by atoms with E-state index in [0.29, 0.717) is 0 Å². The number of rotatable bonds is 4. The van der Waals surface area contributed by atoms with Gasteiger partial charge in [0.25, 0.3) is 0 Å². The van der Waals surface area contributed by atoms with Gasteiger partial charge in [-0.05, 0) is 18.4 Å². The predicted molar refractivity (Wildman–Crippen MR) is 75.4 cm³/mol. The number of aliphatic hydroxyl groups is 1. The molecule has 1 aromatic carbocycles. The summed E-state index contributed by atoms with van der Waals surface area (Å²) in [6, 6.07) is 10.5. The van der Waals surface area contributed by atoms with Crippen LogP contribution in [0.15, 0.2) is 30.3 Å². The minimum atomic E-state index is -0.0454. The fourth-order valence-corrected chi connectivity index (χ4v) is 2.86. The SMILES string of the molecule is OCC1(NCc2ccccc2)CCCCCCC1. The van der Waals surface area contributed by atoms with Crippen molar-refractivity contribution >= 4 is 0 Å². The molecule has 1 fully saturated rings. The van der Waals surface area contributed by atoms with Crippen molar-refractivity contribution < 1.29 is 5.11 Å². The third kappa shape index (κ3) is 3.82. The first-order chi connectivity index (χ1) is 8.85. The van der Waals surface area contributed by atoms with Crippen LogP contribution in [-0.4, -0.2) is 17.3 Å². The van der Waals surface area contributed by atoms with Crippen LogP contribution in [-0.2, 0) is 6.54 Å². The quantitative estimate of drug-likeness (QED) is 0.856. The van der Waals surface area contributed by atoms with Crippen LogP contribution in [0, 0.1) is 0 Å². The molecule has 0 spiro atoms. The van der Waals surface area contributed by atoms with Crippen molar-refractivity contribution in [3.05, 3.63) is 35.9 Å². The van der Waals surface area contributed by atoms with Gasteiger partial charge in [0.15, 0.2) is 0 Å². The monoisotopic (exact) mass is 247 g/mol. The first-order valence-electron chi connectivity index (χ1n) is 7.24. The van der Waals surface area contributed by atoms with Gasteiger partial charge in [-0.25, -0.2) is 0 Å². The minimum absolute atomic E-state index is 0.0454. The lowest BCUT2D eigenvalue weighted by molar-refractivity contribution is 0.129. The van der Waals surface area contributed by atoms with Gasteiger partial charge in [-0.15, -0.1) is 0 Å². The maximum absolute atomic E-state index is 9.77. The Morgan fingerprint density at radius 1 is 0.944 bits per heavy atom. The van der Waals surface area contributed by atoms with E-state index in [-0.39, 0.29) is 12.1 Å². The molecule has 100 valence electrons. The summed E-state index contributed by atoms with van der Waals surface area (Å²) in [5.74, 6) is 0. The highest BCUT2D eigenvalue weighted by Gasteiger charge is 2.28. The van der Waals surface area contributed by atoms with Gasteiger partial charge in [0, 0.05) is 12.1 Å². The molecule has 0 atom stereocenters. The van der Waals surface area contributed by atoms with Crippen LogP contribution in [0.1, 0.15) is 50.5 Å². The van der Waals surface area contributed by atoms with E-state index in [1.54, 1.807) is 0 Å². The standard InChI is InChI=1S/C16H25NO/c18-14-16(11-7-2-1-3-8-12-16)17-13-15-9-5-4-6-10-15/h4-6,9-10,17-18H,1-3,7-8,11-14H2. The maximum atomic E-state index is 9.77. The topological polar surface area (TPSA) is 32.3 Å². The summed E-state index contributed by atoms with van der Waals surface area (Å²) in [5, 5.41) is 13.4. The van der Waals surface area contributed by atoms with Gasteiger partial charge in [0.1, 0.15) is 0 Å². The molecule has 0 aliphatic heterocycles. The summed E-state index contributed by atoms with van der Waals surface area (Å²) >= 11 is 0. The summed E-state index contributed by atoms with van der Waals surface area (Å²) in [4.78, 5) is 0. The van der Waals surface area contributed by atoms with Crippen LogP contribution in [0.5, 0.6) is 0 Å². The number of benzene rings is 1. The highest BCUT2D eigenvalue weighted by Crippen LogP contribution is 2.26. The fourth-order valence-electron chi connectivity index (χ4n) is 2.86. The lowest BCUT2D eigenvalue weighted by Gasteiger charge is -2.35. The third-order valence-electron chi connectivity index (χ3n) is 4.12. The Kier molecular flexibility index (Phi) is 5.21. The molecule has 1 aliphatic rings. The summed E-state index contributed by atoms with van der Waals surface area (Å²) in [5.41, 5.74) is 1.25. The predicted octanol–water partition coefficient (Wildman–Crippen LogP) is 3.25. The molecule has 0 bridgehead atoms. The molecule has 0 amide bonds. The Balaban J connectivity index is 1.93. The van der Waals surface area contributed by atoms with Gasteiger partial charge < -0.3 is 10.4 Å². The fraction of sp³-hybridized carbons (Fsp3) is 0.625. The molecular formula is C16H25NO. The van der Waals surface area contributed by atoms with E-state index in [4.69, 9.17) is 0 Å². The van der Waals surface area contributed by atoms with Gasteiger partial charge in [-0.2, -0.15) is 0 Å². The van der Waals surface area contributed by atoms with Gasteiger partial charge in [-0.3, -0.25) is 0 Å². The van der Waals surface area contributed by atoms with Crippen LogP contribution < -0.4 is 5.32 Å². The number of hydrogen-bond donors (Lipinski definition) is 2. The maximum Gasteiger partial charge on any atom is 0.0613 e. The number of aliphatic hydroxyl groups excluding tert-OH is 1. The average Bonchev–Trinajstić information content (AvgIpc) is 2.40. The molecule has 2 heteroatoms. The smallest absolute Gasteiger partial charge is 0.0613 e. The van der Waals surface area contributed by atoms with Crippen molar-refractivity contribution in [3.63, 3.8) is 0 Å². The van der Waals surface area contributed by atoms with Crippen molar-refractivity contribution in [2.75, 3.05) is 6.61 Å². The van der Waals surface area contributed by atoms with E-state index < -0.39 is 0 Å². The second-order valence-corrected chi connectivity index (χ2v) is 5.55. The molecular weight excluding hydrogens is 222 g/mol. The highest BCUT2D eigenvalue weighted by atomic mass is 16.3. The molecule has 1 saturated carbocycles. The van der Waals surface area contributed by atoms with Gasteiger partial charge >= 0.3 is 0 Å². The Morgan fingerprint density at radius 3 is 2.17 bits per heavy atom. The summed E-state index contributed by atoms with van der Waals surface area (Å²) in [6.07, 6.45) is 8.68. The lowest BCUT2D eigenvalue weighted by atomic mass is 9.84. The van der Waals surface area contributed by atoms with Crippen LogP contribution in [0.3, 0.4) is 0 Å². The van der Waals surface area contributed by atoms with Crippen molar-refractivity contribution in [2.45, 2.75) is 57.0 Å². The van der Waals surface area contributed by atoms with Gasteiger partial charge in [-0.1, -0.05) is 62.4 Å². The molecule has 0 heterocycles.